The first-order valence-corrected chi connectivity index (χ1v) is 6.29. The second kappa shape index (κ2) is 4.62. The molecule has 2 aliphatic rings. The van der Waals surface area contributed by atoms with E-state index in [4.69, 9.17) is 4.74 Å². The zero-order valence-electron chi connectivity index (χ0n) is 10.7. The van der Waals surface area contributed by atoms with Crippen LogP contribution >= 0.6 is 0 Å². The zero-order valence-corrected chi connectivity index (χ0v) is 10.7. The predicted molar refractivity (Wildman–Crippen MR) is 67.6 cm³/mol. The van der Waals surface area contributed by atoms with Crippen LogP contribution < -0.4 is 4.90 Å². The lowest BCUT2D eigenvalue weighted by Crippen LogP contribution is -2.39. The number of hydrogen-bond acceptors (Lipinski definition) is 4. The molecule has 3 rings (SSSR count). The molecule has 100 valence electrons. The Balaban J connectivity index is 1.93. The van der Waals surface area contributed by atoms with Gasteiger partial charge in [-0.15, -0.1) is 0 Å². The number of methoxy groups -OCH3 is 1. The Bertz CT molecular complexity index is 501. The summed E-state index contributed by atoms with van der Waals surface area (Å²) in [5, 5.41) is 0. The average molecular weight is 261 g/mol. The van der Waals surface area contributed by atoms with Crippen molar-refractivity contribution in [2.75, 3.05) is 18.6 Å². The summed E-state index contributed by atoms with van der Waals surface area (Å²) in [4.78, 5) is 31.6. The van der Waals surface area contributed by atoms with Crippen LogP contribution in [0.2, 0.25) is 0 Å². The van der Waals surface area contributed by atoms with Crippen LogP contribution in [0.1, 0.15) is 12.8 Å². The van der Waals surface area contributed by atoms with Gasteiger partial charge in [0.15, 0.2) is 0 Å². The molecule has 1 saturated carbocycles. The van der Waals surface area contributed by atoms with Crippen LogP contribution in [0.25, 0.3) is 0 Å². The van der Waals surface area contributed by atoms with Crippen molar-refractivity contribution in [1.82, 2.24) is 9.88 Å². The van der Waals surface area contributed by atoms with E-state index in [0.29, 0.717) is 5.69 Å². The van der Waals surface area contributed by atoms with Crippen LogP contribution in [0.5, 0.6) is 0 Å². The topological polar surface area (TPSA) is 62.7 Å². The molecule has 6 nitrogen and oxygen atoms in total. The second-order valence-electron chi connectivity index (χ2n) is 4.78. The highest BCUT2D eigenvalue weighted by Gasteiger charge is 2.51. The SMILES string of the molecule is COC[C@@H]1C(=O)N(c2cccnc2)C(=O)N1C1CC1. The number of carbonyl (C=O) groups excluding carboxylic acids is 2. The highest BCUT2D eigenvalue weighted by atomic mass is 16.5. The van der Waals surface area contributed by atoms with E-state index in [9.17, 15) is 9.59 Å². The smallest absolute Gasteiger partial charge is 0.332 e. The number of urea groups is 1. The fraction of sp³-hybridized carbons (Fsp3) is 0.462. The van der Waals surface area contributed by atoms with E-state index in [2.05, 4.69) is 4.98 Å². The zero-order chi connectivity index (χ0) is 13.4. The van der Waals surface area contributed by atoms with E-state index in [1.807, 2.05) is 0 Å². The monoisotopic (exact) mass is 261 g/mol. The molecule has 0 N–H and O–H groups in total. The number of amides is 3. The Morgan fingerprint density at radius 3 is 2.79 bits per heavy atom. The van der Waals surface area contributed by atoms with Gasteiger partial charge in [0.2, 0.25) is 0 Å². The second-order valence-corrected chi connectivity index (χ2v) is 4.78. The normalized spacial score (nSPS) is 23.3. The third-order valence-corrected chi connectivity index (χ3v) is 3.42. The van der Waals surface area contributed by atoms with E-state index >= 15 is 0 Å². The summed E-state index contributed by atoms with van der Waals surface area (Å²) in [7, 11) is 1.54. The van der Waals surface area contributed by atoms with Crippen LogP contribution in [-0.2, 0) is 9.53 Å². The number of hydrogen-bond donors (Lipinski definition) is 0. The molecule has 2 fully saturated rings. The minimum Gasteiger partial charge on any atom is -0.382 e. The molecule has 0 aromatic carbocycles. The van der Waals surface area contributed by atoms with Crippen molar-refractivity contribution in [3.63, 3.8) is 0 Å². The molecule has 1 atom stereocenters. The van der Waals surface area contributed by atoms with Crippen LogP contribution in [0, 0.1) is 0 Å². The molecule has 1 aliphatic carbocycles. The summed E-state index contributed by atoms with van der Waals surface area (Å²) in [5.74, 6) is -0.230. The number of pyridine rings is 1. The van der Waals surface area contributed by atoms with Gasteiger partial charge in [-0.25, -0.2) is 9.69 Å². The van der Waals surface area contributed by atoms with Crippen molar-refractivity contribution < 1.29 is 14.3 Å². The molecule has 0 radical (unpaired) electrons. The number of rotatable bonds is 4. The molecule has 0 bridgehead atoms. The van der Waals surface area contributed by atoms with Crippen LogP contribution in [0.4, 0.5) is 10.5 Å². The molecule has 0 spiro atoms. The maximum atomic E-state index is 12.4. The molecule has 1 aliphatic heterocycles. The summed E-state index contributed by atoms with van der Waals surface area (Å²) < 4.78 is 5.08. The van der Waals surface area contributed by atoms with Gasteiger partial charge < -0.3 is 9.64 Å². The van der Waals surface area contributed by atoms with Crippen LogP contribution in [-0.4, -0.2) is 47.6 Å². The number of aromatic nitrogens is 1. The molecule has 1 aromatic heterocycles. The van der Waals surface area contributed by atoms with Gasteiger partial charge in [-0.3, -0.25) is 9.78 Å². The lowest BCUT2D eigenvalue weighted by atomic mass is 10.2. The molecule has 1 aromatic rings. The first-order chi connectivity index (χ1) is 9.24. The van der Waals surface area contributed by atoms with Crippen LogP contribution in [0.3, 0.4) is 0 Å². The van der Waals surface area contributed by atoms with Gasteiger partial charge in [-0.2, -0.15) is 0 Å². The quantitative estimate of drug-likeness (QED) is 0.759. The van der Waals surface area contributed by atoms with Gasteiger partial charge in [0, 0.05) is 19.3 Å². The van der Waals surface area contributed by atoms with E-state index in [1.165, 1.54) is 18.2 Å². The minimum atomic E-state index is -0.509. The van der Waals surface area contributed by atoms with Gasteiger partial charge in [-0.05, 0) is 25.0 Å². The maximum Gasteiger partial charge on any atom is 0.332 e. The van der Waals surface area contributed by atoms with Gasteiger partial charge in [0.25, 0.3) is 5.91 Å². The van der Waals surface area contributed by atoms with Crippen molar-refractivity contribution in [2.24, 2.45) is 0 Å². The highest BCUT2D eigenvalue weighted by Crippen LogP contribution is 2.35. The molecular weight excluding hydrogens is 246 g/mol. The van der Waals surface area contributed by atoms with E-state index in [1.54, 1.807) is 23.2 Å². The first kappa shape index (κ1) is 12.1. The van der Waals surface area contributed by atoms with E-state index < -0.39 is 6.04 Å². The van der Waals surface area contributed by atoms with Crippen molar-refractivity contribution in [1.29, 1.82) is 0 Å². The summed E-state index contributed by atoms with van der Waals surface area (Å²) in [6.07, 6.45) is 5.05. The Morgan fingerprint density at radius 2 is 2.21 bits per heavy atom. The lowest BCUT2D eigenvalue weighted by Gasteiger charge is -2.20. The van der Waals surface area contributed by atoms with Gasteiger partial charge >= 0.3 is 6.03 Å². The Labute approximate surface area is 111 Å². The van der Waals surface area contributed by atoms with Gasteiger partial charge in [0.1, 0.15) is 6.04 Å². The predicted octanol–water partition coefficient (Wildman–Crippen LogP) is 1.03. The van der Waals surface area contributed by atoms with Crippen molar-refractivity contribution >= 4 is 17.6 Å². The number of anilines is 1. The van der Waals surface area contributed by atoms with Crippen molar-refractivity contribution in [2.45, 2.75) is 24.9 Å². The van der Waals surface area contributed by atoms with E-state index in [-0.39, 0.29) is 24.6 Å². The van der Waals surface area contributed by atoms with E-state index in [0.717, 1.165) is 12.8 Å². The lowest BCUT2D eigenvalue weighted by molar-refractivity contribution is -0.121. The summed E-state index contributed by atoms with van der Waals surface area (Å²) in [5.41, 5.74) is 0.516. The molecule has 1 saturated heterocycles. The molecule has 2 heterocycles. The Morgan fingerprint density at radius 1 is 1.42 bits per heavy atom. The first-order valence-electron chi connectivity index (χ1n) is 6.29. The summed E-state index contributed by atoms with van der Waals surface area (Å²) >= 11 is 0. The fourth-order valence-electron chi connectivity index (χ4n) is 2.41. The van der Waals surface area contributed by atoms with Crippen LogP contribution in [0.15, 0.2) is 24.5 Å². The minimum absolute atomic E-state index is 0.179. The number of carbonyl (C=O) groups is 2. The number of ether oxygens (including phenoxy) is 1. The maximum absolute atomic E-state index is 12.4. The molecule has 19 heavy (non-hydrogen) atoms. The Kier molecular flexibility index (Phi) is 2.94. The third kappa shape index (κ3) is 1.98. The van der Waals surface area contributed by atoms with Crippen molar-refractivity contribution in [3.8, 4) is 0 Å². The van der Waals surface area contributed by atoms with Gasteiger partial charge in [-0.1, -0.05) is 0 Å². The molecular formula is C13H15N3O3. The molecule has 3 amide bonds. The van der Waals surface area contributed by atoms with Gasteiger partial charge in [0.05, 0.1) is 18.5 Å². The molecule has 6 heteroatoms. The number of nitrogens with zero attached hydrogens (tertiary/aromatic N) is 3. The average Bonchev–Trinajstić information content (AvgIpc) is 3.21. The Hall–Kier alpha value is -1.95. The number of imide groups is 1. The summed E-state index contributed by atoms with van der Waals surface area (Å²) in [6.45, 7) is 0.234. The molecule has 0 unspecified atom stereocenters. The third-order valence-electron chi connectivity index (χ3n) is 3.42. The summed E-state index contributed by atoms with van der Waals surface area (Å²) in [6, 6.07) is 2.83. The standard InChI is InChI=1S/C13H15N3O3/c1-19-8-11-12(17)16(10-3-2-6-14-7-10)13(18)15(11)9-4-5-9/h2-3,6-7,9,11H,4-5,8H2,1H3/t11-/m1/s1. The fourth-order valence-corrected chi connectivity index (χ4v) is 2.41. The highest BCUT2D eigenvalue weighted by molar-refractivity contribution is 6.21. The largest absolute Gasteiger partial charge is 0.382 e. The van der Waals surface area contributed by atoms with Crippen molar-refractivity contribution in [3.05, 3.63) is 24.5 Å².